The number of hydrogen-bond acceptors (Lipinski definition) is 3. The first-order chi connectivity index (χ1) is 6.16. The molecule has 0 atom stereocenters. The van der Waals surface area contributed by atoms with Gasteiger partial charge in [0.2, 0.25) is 0 Å². The fourth-order valence-electron chi connectivity index (χ4n) is 1.00. The Morgan fingerprint density at radius 2 is 2.23 bits per heavy atom. The van der Waals surface area contributed by atoms with E-state index in [1.165, 1.54) is 6.20 Å². The summed E-state index contributed by atoms with van der Waals surface area (Å²) < 4.78 is 0.771. The van der Waals surface area contributed by atoms with Gasteiger partial charge in [0.05, 0.1) is 12.3 Å². The molecule has 1 aliphatic rings. The van der Waals surface area contributed by atoms with Crippen LogP contribution in [0.3, 0.4) is 0 Å². The number of urea groups is 1. The predicted molar refractivity (Wildman–Crippen MR) is 45.3 cm³/mol. The number of nitrogens with zero attached hydrogens (tertiary/aromatic N) is 1. The van der Waals surface area contributed by atoms with Crippen molar-refractivity contribution in [3.05, 3.63) is 11.8 Å². The van der Waals surface area contributed by atoms with Crippen LogP contribution in [0.2, 0.25) is 0 Å². The van der Waals surface area contributed by atoms with Crippen molar-refractivity contribution in [3.63, 3.8) is 0 Å². The molecular formula is C8H11N2O3+. The van der Waals surface area contributed by atoms with Crippen molar-refractivity contribution in [2.45, 2.75) is 12.8 Å². The third-order valence-electron chi connectivity index (χ3n) is 1.74. The van der Waals surface area contributed by atoms with E-state index >= 15 is 0 Å². The largest absolute Gasteiger partial charge is 0.502 e. The molecule has 5 nitrogen and oxygen atoms in total. The molecule has 0 saturated carbocycles. The van der Waals surface area contributed by atoms with E-state index in [9.17, 15) is 9.59 Å². The van der Waals surface area contributed by atoms with E-state index < -0.39 is 11.9 Å². The van der Waals surface area contributed by atoms with E-state index in [4.69, 9.17) is 5.11 Å². The summed E-state index contributed by atoms with van der Waals surface area (Å²) in [6, 6.07) is -0.530. The van der Waals surface area contributed by atoms with Crippen molar-refractivity contribution >= 4 is 18.7 Å². The number of rotatable bonds is 3. The molecule has 2 N–H and O–H groups in total. The quantitative estimate of drug-likeness (QED) is 0.585. The van der Waals surface area contributed by atoms with Crippen LogP contribution < -0.4 is 5.32 Å². The van der Waals surface area contributed by atoms with Gasteiger partial charge in [-0.15, -0.1) is 4.58 Å². The van der Waals surface area contributed by atoms with Gasteiger partial charge >= 0.3 is 11.9 Å². The maximum atomic E-state index is 11.3. The van der Waals surface area contributed by atoms with E-state index in [1.54, 1.807) is 0 Å². The van der Waals surface area contributed by atoms with Gasteiger partial charge in [0.1, 0.15) is 6.20 Å². The van der Waals surface area contributed by atoms with Crippen molar-refractivity contribution in [1.29, 1.82) is 0 Å². The Labute approximate surface area is 75.4 Å². The molecule has 5 heteroatoms. The summed E-state index contributed by atoms with van der Waals surface area (Å²) in [6.07, 6.45) is 2.31. The number of imide groups is 1. The standard InChI is InChI=1S/C8H10N2O3/c1-10-7(12)6(3-2-4-11)5-9-8(10)13/h5,11H,1-4H2/p+1. The van der Waals surface area contributed by atoms with Crippen molar-refractivity contribution < 1.29 is 19.3 Å². The summed E-state index contributed by atoms with van der Waals surface area (Å²) in [5.41, 5.74) is 0.462. The van der Waals surface area contributed by atoms with Gasteiger partial charge in [-0.3, -0.25) is 0 Å². The summed E-state index contributed by atoms with van der Waals surface area (Å²) in [5, 5.41) is 10.9. The van der Waals surface area contributed by atoms with Gasteiger partial charge in [-0.1, -0.05) is 0 Å². The van der Waals surface area contributed by atoms with E-state index in [0.29, 0.717) is 18.4 Å². The second kappa shape index (κ2) is 3.95. The third kappa shape index (κ3) is 2.00. The minimum atomic E-state index is -0.530. The number of aliphatic hydroxyl groups is 1. The summed E-state index contributed by atoms with van der Waals surface area (Å²) in [5.74, 6) is -0.405. The SMILES string of the molecule is C=[N+]1C(=O)NC=C(CCCO)C1=O. The molecule has 0 aromatic heterocycles. The Morgan fingerprint density at radius 3 is 2.85 bits per heavy atom. The zero-order chi connectivity index (χ0) is 9.84. The highest BCUT2D eigenvalue weighted by atomic mass is 16.3. The second-order valence-corrected chi connectivity index (χ2v) is 2.68. The molecule has 0 spiro atoms. The number of amides is 3. The highest BCUT2D eigenvalue weighted by Crippen LogP contribution is 2.08. The van der Waals surface area contributed by atoms with Crippen LogP contribution in [0.4, 0.5) is 4.79 Å². The Morgan fingerprint density at radius 1 is 1.54 bits per heavy atom. The lowest BCUT2D eigenvalue weighted by Crippen LogP contribution is -2.39. The lowest BCUT2D eigenvalue weighted by molar-refractivity contribution is -0.347. The van der Waals surface area contributed by atoms with Gasteiger partial charge in [0.25, 0.3) is 0 Å². The average Bonchev–Trinajstić information content (AvgIpc) is 2.13. The minimum absolute atomic E-state index is 0.0235. The minimum Gasteiger partial charge on any atom is -0.396 e. The normalized spacial score (nSPS) is 17.0. The zero-order valence-electron chi connectivity index (χ0n) is 7.12. The van der Waals surface area contributed by atoms with Crippen molar-refractivity contribution in [2.75, 3.05) is 6.61 Å². The lowest BCUT2D eigenvalue weighted by atomic mass is 10.1. The molecule has 0 aliphatic carbocycles. The van der Waals surface area contributed by atoms with Crippen LogP contribution >= 0.6 is 0 Å². The maximum absolute atomic E-state index is 11.3. The first-order valence-electron chi connectivity index (χ1n) is 3.92. The first-order valence-corrected chi connectivity index (χ1v) is 3.92. The number of carbonyl (C=O) groups excluding carboxylic acids is 2. The fourth-order valence-corrected chi connectivity index (χ4v) is 1.00. The molecule has 1 aliphatic heterocycles. The van der Waals surface area contributed by atoms with Gasteiger partial charge in [-0.05, 0) is 12.8 Å². The van der Waals surface area contributed by atoms with E-state index in [2.05, 4.69) is 12.0 Å². The molecule has 70 valence electrons. The molecule has 3 amide bonds. The number of hydrogen-bond donors (Lipinski definition) is 2. The molecule has 0 unspecified atom stereocenters. The Kier molecular flexibility index (Phi) is 2.92. The number of aliphatic hydroxyl groups excluding tert-OH is 1. The number of carbonyl (C=O) groups is 2. The topological polar surface area (TPSA) is 69.4 Å². The van der Waals surface area contributed by atoms with Gasteiger partial charge in [-0.2, -0.15) is 4.79 Å². The molecular weight excluding hydrogens is 172 g/mol. The van der Waals surface area contributed by atoms with Gasteiger partial charge < -0.3 is 5.11 Å². The third-order valence-corrected chi connectivity index (χ3v) is 1.74. The van der Waals surface area contributed by atoms with Crippen LogP contribution in [-0.2, 0) is 4.79 Å². The van der Waals surface area contributed by atoms with Gasteiger partial charge in [0, 0.05) is 6.61 Å². The summed E-state index contributed by atoms with van der Waals surface area (Å²) in [4.78, 5) is 22.2. The molecule has 0 radical (unpaired) electrons. The van der Waals surface area contributed by atoms with Crippen molar-refractivity contribution in [3.8, 4) is 0 Å². The van der Waals surface area contributed by atoms with Crippen LogP contribution in [0.5, 0.6) is 0 Å². The molecule has 0 aromatic rings. The lowest BCUT2D eigenvalue weighted by Gasteiger charge is -2.07. The average molecular weight is 183 g/mol. The summed E-state index contributed by atoms with van der Waals surface area (Å²) in [6.45, 7) is 3.31. The van der Waals surface area contributed by atoms with Crippen LogP contribution in [0.15, 0.2) is 11.8 Å². The predicted octanol–water partition coefficient (Wildman–Crippen LogP) is -0.394. The van der Waals surface area contributed by atoms with E-state index in [-0.39, 0.29) is 6.61 Å². The summed E-state index contributed by atoms with van der Waals surface area (Å²) in [7, 11) is 0. The number of nitrogens with one attached hydrogen (secondary N) is 1. The molecule has 0 bridgehead atoms. The Balaban J connectivity index is 2.71. The highest BCUT2D eigenvalue weighted by Gasteiger charge is 2.29. The second-order valence-electron chi connectivity index (χ2n) is 2.68. The molecule has 0 saturated heterocycles. The van der Waals surface area contributed by atoms with Crippen LogP contribution in [0, 0.1) is 0 Å². The van der Waals surface area contributed by atoms with Crippen LogP contribution in [0.25, 0.3) is 0 Å². The first kappa shape index (κ1) is 9.60. The van der Waals surface area contributed by atoms with Crippen molar-refractivity contribution in [1.82, 2.24) is 5.32 Å². The van der Waals surface area contributed by atoms with E-state index in [1.807, 2.05) is 0 Å². The molecule has 1 rings (SSSR count). The smallest absolute Gasteiger partial charge is 0.396 e. The van der Waals surface area contributed by atoms with Gasteiger partial charge in [-0.25, -0.2) is 10.1 Å². The van der Waals surface area contributed by atoms with E-state index in [0.717, 1.165) is 4.58 Å². The maximum Gasteiger partial charge on any atom is 0.502 e. The monoisotopic (exact) mass is 183 g/mol. The summed E-state index contributed by atoms with van der Waals surface area (Å²) >= 11 is 0. The highest BCUT2D eigenvalue weighted by molar-refractivity contribution is 5.97. The van der Waals surface area contributed by atoms with Crippen molar-refractivity contribution in [2.24, 2.45) is 0 Å². The van der Waals surface area contributed by atoms with Crippen LogP contribution in [-0.4, -0.2) is 34.9 Å². The van der Waals surface area contributed by atoms with Crippen LogP contribution in [0.1, 0.15) is 12.8 Å². The molecule has 0 aromatic carbocycles. The molecule has 1 heterocycles. The van der Waals surface area contributed by atoms with Gasteiger partial charge in [0.15, 0.2) is 0 Å². The fraction of sp³-hybridized carbons (Fsp3) is 0.375. The molecule has 13 heavy (non-hydrogen) atoms. The Hall–Kier alpha value is -1.49. The molecule has 0 fully saturated rings. The zero-order valence-corrected chi connectivity index (χ0v) is 7.12. The Bertz CT molecular complexity index is 294.